The predicted molar refractivity (Wildman–Crippen MR) is 113 cm³/mol. The third-order valence-corrected chi connectivity index (χ3v) is 6.13. The number of nitrogens with zero attached hydrogens (tertiary/aromatic N) is 1. The maximum absolute atomic E-state index is 13.0. The van der Waals surface area contributed by atoms with Crippen LogP contribution in [0.15, 0.2) is 42.5 Å². The van der Waals surface area contributed by atoms with Gasteiger partial charge in [0.2, 0.25) is 5.91 Å². The van der Waals surface area contributed by atoms with Crippen LogP contribution in [0, 0.1) is 5.82 Å². The molecule has 0 aliphatic carbocycles. The minimum atomic E-state index is -0.286. The number of ether oxygens (including phenoxy) is 2. The monoisotopic (exact) mass is 439 g/mol. The lowest BCUT2D eigenvalue weighted by molar-refractivity contribution is -0.126. The number of thioether (sulfide) groups is 1. The summed E-state index contributed by atoms with van der Waals surface area (Å²) in [5, 5.41) is 0.209. The Morgan fingerprint density at radius 3 is 2.61 bits per heavy atom. The first-order valence-electron chi connectivity index (χ1n) is 8.64. The van der Waals surface area contributed by atoms with Crippen LogP contribution in [-0.4, -0.2) is 40.6 Å². The van der Waals surface area contributed by atoms with E-state index in [9.17, 15) is 9.18 Å². The van der Waals surface area contributed by atoms with Gasteiger partial charge in [-0.1, -0.05) is 53.8 Å². The van der Waals surface area contributed by atoms with E-state index in [1.165, 1.54) is 23.9 Å². The van der Waals surface area contributed by atoms with Gasteiger partial charge in [-0.3, -0.25) is 9.69 Å². The lowest BCUT2D eigenvalue weighted by atomic mass is 10.1. The molecule has 1 fully saturated rings. The van der Waals surface area contributed by atoms with E-state index in [4.69, 9.17) is 33.3 Å². The number of carbonyl (C=O) groups excluding carboxylic acids is 1. The summed E-state index contributed by atoms with van der Waals surface area (Å²) in [5.41, 5.74) is 1.78. The van der Waals surface area contributed by atoms with E-state index in [2.05, 4.69) is 0 Å². The van der Waals surface area contributed by atoms with Gasteiger partial charge in [0.05, 0.1) is 23.4 Å². The van der Waals surface area contributed by atoms with E-state index in [0.29, 0.717) is 41.3 Å². The Hall–Kier alpha value is -1.67. The van der Waals surface area contributed by atoms with Crippen molar-refractivity contribution in [1.29, 1.82) is 0 Å². The maximum atomic E-state index is 13.0. The van der Waals surface area contributed by atoms with Crippen molar-refractivity contribution in [3.63, 3.8) is 0 Å². The number of rotatable bonds is 8. The number of carbonyl (C=O) groups is 1. The van der Waals surface area contributed by atoms with Gasteiger partial charge >= 0.3 is 0 Å². The zero-order chi connectivity index (χ0) is 20.1. The van der Waals surface area contributed by atoms with Gasteiger partial charge in [0.25, 0.3) is 0 Å². The molecule has 0 radical (unpaired) electrons. The fraction of sp³-hybridized carbons (Fsp3) is 0.300. The highest BCUT2D eigenvalue weighted by molar-refractivity contribution is 8.24. The largest absolute Gasteiger partial charge is 0.487 e. The topological polar surface area (TPSA) is 38.8 Å². The van der Waals surface area contributed by atoms with Gasteiger partial charge in [0.1, 0.15) is 22.5 Å². The number of methoxy groups -OCH3 is 1. The number of hydrogen-bond donors (Lipinski definition) is 0. The first kappa shape index (κ1) is 21.0. The Kier molecular flexibility index (Phi) is 7.29. The molecule has 0 saturated carbocycles. The average Bonchev–Trinajstić information content (AvgIpc) is 2.94. The Bertz CT molecular complexity index is 863. The molecule has 1 atom stereocenters. The molecule has 1 aliphatic heterocycles. The summed E-state index contributed by atoms with van der Waals surface area (Å²) in [7, 11) is 1.59. The standard InChI is InChI=1S/C20H19ClFNO3S2/c1-25-9-8-23-19(24)18(28-20(23)27)11-14-4-7-17(16(21)10-14)26-12-13-2-5-15(22)6-3-13/h2-7,10,18H,8-9,11-12H2,1H3/t18-/m1/s1. The van der Waals surface area contributed by atoms with Crippen LogP contribution in [0.3, 0.4) is 0 Å². The minimum Gasteiger partial charge on any atom is -0.487 e. The molecule has 0 N–H and O–H groups in total. The third-order valence-electron chi connectivity index (χ3n) is 4.25. The molecule has 4 nitrogen and oxygen atoms in total. The van der Waals surface area contributed by atoms with Crippen LogP contribution in [-0.2, 0) is 22.6 Å². The van der Waals surface area contributed by atoms with Gasteiger partial charge in [0, 0.05) is 7.11 Å². The van der Waals surface area contributed by atoms with E-state index in [-0.39, 0.29) is 17.0 Å². The van der Waals surface area contributed by atoms with Crippen molar-refractivity contribution in [3.05, 3.63) is 64.4 Å². The summed E-state index contributed by atoms with van der Waals surface area (Å²) in [5.74, 6) is 0.253. The fourth-order valence-corrected chi connectivity index (χ4v) is 4.60. The zero-order valence-corrected chi connectivity index (χ0v) is 17.6. The summed E-state index contributed by atoms with van der Waals surface area (Å²) in [6.45, 7) is 1.21. The molecule has 28 heavy (non-hydrogen) atoms. The van der Waals surface area contributed by atoms with E-state index < -0.39 is 0 Å². The molecule has 1 aliphatic rings. The second-order valence-corrected chi connectivity index (χ2v) is 8.48. The van der Waals surface area contributed by atoms with Crippen LogP contribution < -0.4 is 4.74 Å². The van der Waals surface area contributed by atoms with Crippen molar-refractivity contribution in [3.8, 4) is 5.75 Å². The van der Waals surface area contributed by atoms with Crippen molar-refractivity contribution in [2.24, 2.45) is 0 Å². The van der Waals surface area contributed by atoms with Gasteiger partial charge in [-0.15, -0.1) is 0 Å². The molecule has 1 saturated heterocycles. The highest BCUT2D eigenvalue weighted by Crippen LogP contribution is 2.32. The smallest absolute Gasteiger partial charge is 0.242 e. The third kappa shape index (κ3) is 5.23. The molecule has 148 valence electrons. The van der Waals surface area contributed by atoms with Crippen LogP contribution >= 0.6 is 35.6 Å². The predicted octanol–water partition coefficient (Wildman–Crippen LogP) is 4.48. The molecule has 0 unspecified atom stereocenters. The highest BCUT2D eigenvalue weighted by atomic mass is 35.5. The van der Waals surface area contributed by atoms with Gasteiger partial charge in [-0.2, -0.15) is 0 Å². The zero-order valence-electron chi connectivity index (χ0n) is 15.2. The van der Waals surface area contributed by atoms with Crippen molar-refractivity contribution in [1.82, 2.24) is 4.90 Å². The molecule has 2 aromatic carbocycles. The Morgan fingerprint density at radius 2 is 1.93 bits per heavy atom. The summed E-state index contributed by atoms with van der Waals surface area (Å²) in [4.78, 5) is 14.1. The van der Waals surface area contributed by atoms with E-state index >= 15 is 0 Å². The van der Waals surface area contributed by atoms with Crippen LogP contribution in [0.1, 0.15) is 11.1 Å². The summed E-state index contributed by atoms with van der Waals surface area (Å²) >= 11 is 13.0. The molecular weight excluding hydrogens is 421 g/mol. The van der Waals surface area contributed by atoms with E-state index in [1.54, 1.807) is 36.3 Å². The molecule has 2 aromatic rings. The van der Waals surface area contributed by atoms with Crippen molar-refractivity contribution >= 4 is 45.8 Å². The van der Waals surface area contributed by atoms with E-state index in [0.717, 1.165) is 11.1 Å². The minimum absolute atomic E-state index is 0.000177. The molecular formula is C20H19ClFNO3S2. The molecule has 8 heteroatoms. The second kappa shape index (κ2) is 9.69. The van der Waals surface area contributed by atoms with Gasteiger partial charge in [0.15, 0.2) is 0 Å². The highest BCUT2D eigenvalue weighted by Gasteiger charge is 2.36. The van der Waals surface area contributed by atoms with Crippen LogP contribution in [0.4, 0.5) is 4.39 Å². The van der Waals surface area contributed by atoms with Gasteiger partial charge < -0.3 is 9.47 Å². The molecule has 0 spiro atoms. The average molecular weight is 440 g/mol. The number of thiocarbonyl (C=S) groups is 1. The lowest BCUT2D eigenvalue weighted by Gasteiger charge is -2.15. The Morgan fingerprint density at radius 1 is 1.21 bits per heavy atom. The quantitative estimate of drug-likeness (QED) is 0.567. The van der Waals surface area contributed by atoms with Crippen molar-refractivity contribution in [2.75, 3.05) is 20.3 Å². The summed E-state index contributed by atoms with van der Waals surface area (Å²) < 4.78 is 24.3. The Labute approximate surface area is 178 Å². The number of halogens is 2. The first-order valence-corrected chi connectivity index (χ1v) is 10.3. The molecule has 1 amide bonds. The first-order chi connectivity index (χ1) is 13.5. The maximum Gasteiger partial charge on any atom is 0.242 e. The lowest BCUT2D eigenvalue weighted by Crippen LogP contribution is -2.34. The van der Waals surface area contributed by atoms with Crippen LogP contribution in [0.5, 0.6) is 5.75 Å². The SMILES string of the molecule is COCCN1C(=O)[C@@H](Cc2ccc(OCc3ccc(F)cc3)c(Cl)c2)SC1=S. The van der Waals surface area contributed by atoms with Crippen LogP contribution in [0.25, 0.3) is 0 Å². The molecule has 3 rings (SSSR count). The normalized spacial score (nSPS) is 16.7. The molecule has 1 heterocycles. The molecule has 0 bridgehead atoms. The number of hydrogen-bond acceptors (Lipinski definition) is 5. The van der Waals surface area contributed by atoms with E-state index in [1.807, 2.05) is 6.07 Å². The van der Waals surface area contributed by atoms with Gasteiger partial charge in [-0.25, -0.2) is 4.39 Å². The Balaban J connectivity index is 1.60. The summed E-state index contributed by atoms with van der Waals surface area (Å²) in [6, 6.07) is 11.6. The van der Waals surface area contributed by atoms with Crippen molar-refractivity contribution in [2.45, 2.75) is 18.3 Å². The summed E-state index contributed by atoms with van der Waals surface area (Å²) in [6.07, 6.45) is 0.533. The second-order valence-electron chi connectivity index (χ2n) is 6.24. The number of benzene rings is 2. The molecule has 0 aromatic heterocycles. The van der Waals surface area contributed by atoms with Crippen LogP contribution in [0.2, 0.25) is 5.02 Å². The van der Waals surface area contributed by atoms with Crippen molar-refractivity contribution < 1.29 is 18.7 Å². The number of amides is 1. The fourth-order valence-electron chi connectivity index (χ4n) is 2.76. The van der Waals surface area contributed by atoms with Gasteiger partial charge in [-0.05, 0) is 41.8 Å².